The number of pyridine rings is 1. The third-order valence-corrected chi connectivity index (χ3v) is 4.96. The molecule has 21 heavy (non-hydrogen) atoms. The van der Waals surface area contributed by atoms with Crippen molar-refractivity contribution in [3.05, 3.63) is 56.7 Å². The number of H-pyrrole nitrogens is 1. The number of anilines is 1. The molecule has 106 valence electrons. The topological polar surface area (TPSA) is 57.8 Å². The third kappa shape index (κ3) is 2.87. The largest absolute Gasteiger partial charge is 0.360 e. The van der Waals surface area contributed by atoms with E-state index in [0.29, 0.717) is 11.4 Å². The number of fused-ring (bicyclic) bond motifs is 1. The molecule has 0 fully saturated rings. The number of nitrogens with one attached hydrogen (secondary N) is 2. The number of aryl methyl sites for hydroxylation is 1. The third-order valence-electron chi connectivity index (χ3n) is 3.12. The summed E-state index contributed by atoms with van der Waals surface area (Å²) in [4.78, 5) is 19.7. The number of carbonyl (C=O) groups excluding carboxylic acids is 1. The summed E-state index contributed by atoms with van der Waals surface area (Å²) in [7, 11) is 0. The van der Waals surface area contributed by atoms with Crippen LogP contribution < -0.4 is 5.32 Å². The van der Waals surface area contributed by atoms with E-state index in [1.54, 1.807) is 18.5 Å². The van der Waals surface area contributed by atoms with Crippen LogP contribution in [0.25, 0.3) is 10.9 Å². The molecule has 2 N–H and O–H groups in total. The fourth-order valence-corrected chi connectivity index (χ4v) is 2.72. The number of amides is 1. The Morgan fingerprint density at radius 2 is 2.00 bits per heavy atom. The first-order chi connectivity index (χ1) is 10.0. The second kappa shape index (κ2) is 5.61. The Labute approximate surface area is 138 Å². The van der Waals surface area contributed by atoms with Crippen molar-refractivity contribution < 1.29 is 4.79 Å². The molecule has 3 rings (SSSR count). The Balaban J connectivity index is 1.94. The highest BCUT2D eigenvalue weighted by atomic mass is 79.9. The minimum atomic E-state index is -0.188. The molecule has 2 heterocycles. The van der Waals surface area contributed by atoms with Crippen molar-refractivity contribution in [2.24, 2.45) is 0 Å². The van der Waals surface area contributed by atoms with Crippen molar-refractivity contribution in [1.82, 2.24) is 9.97 Å². The molecule has 6 heteroatoms. The van der Waals surface area contributed by atoms with Gasteiger partial charge in [-0.1, -0.05) is 6.07 Å². The Morgan fingerprint density at radius 1 is 1.24 bits per heavy atom. The lowest BCUT2D eigenvalue weighted by atomic mass is 10.1. The van der Waals surface area contributed by atoms with Crippen LogP contribution in [0.5, 0.6) is 0 Å². The fraction of sp³-hybridized carbons (Fsp3) is 0.0667. The van der Waals surface area contributed by atoms with Gasteiger partial charge in [0, 0.05) is 32.2 Å². The zero-order chi connectivity index (χ0) is 15.0. The Hall–Kier alpha value is -1.66. The predicted octanol–water partition coefficient (Wildman–Crippen LogP) is 4.65. The van der Waals surface area contributed by atoms with Crippen LogP contribution in [-0.4, -0.2) is 15.9 Å². The predicted molar refractivity (Wildman–Crippen MR) is 90.6 cm³/mol. The summed E-state index contributed by atoms with van der Waals surface area (Å²) in [6.45, 7) is 1.95. The Kier molecular flexibility index (Phi) is 3.82. The van der Waals surface area contributed by atoms with Gasteiger partial charge in [-0.3, -0.25) is 4.79 Å². The van der Waals surface area contributed by atoms with Gasteiger partial charge in [0.15, 0.2) is 0 Å². The molecule has 0 radical (unpaired) electrons. The summed E-state index contributed by atoms with van der Waals surface area (Å²) in [5, 5.41) is 3.66. The summed E-state index contributed by atoms with van der Waals surface area (Å²) in [6.07, 6.45) is 3.42. The minimum Gasteiger partial charge on any atom is -0.360 e. The highest BCUT2D eigenvalue weighted by Gasteiger charge is 2.14. The van der Waals surface area contributed by atoms with E-state index in [1.807, 2.05) is 25.1 Å². The first kappa shape index (κ1) is 14.3. The van der Waals surface area contributed by atoms with E-state index >= 15 is 0 Å². The average Bonchev–Trinajstić information content (AvgIpc) is 2.85. The number of aromatic amines is 1. The SMILES string of the molecule is Cc1ccc(NC(=O)c2c[nH]c3cc(Br)c(Br)cc23)nc1. The number of carbonyl (C=O) groups is 1. The monoisotopic (exact) mass is 407 g/mol. The number of halogens is 2. The van der Waals surface area contributed by atoms with Crippen LogP contribution in [0.1, 0.15) is 15.9 Å². The quantitative estimate of drug-likeness (QED) is 0.648. The smallest absolute Gasteiger partial charge is 0.258 e. The lowest BCUT2D eigenvalue weighted by Crippen LogP contribution is -2.12. The standard InChI is InChI=1S/C15H11Br2N3O/c1-8-2-3-14(19-6-8)20-15(21)10-7-18-13-5-12(17)11(16)4-9(10)13/h2-7,18H,1H3,(H,19,20,21). The maximum absolute atomic E-state index is 12.4. The van der Waals surface area contributed by atoms with Gasteiger partial charge in [0.1, 0.15) is 5.82 Å². The zero-order valence-corrected chi connectivity index (χ0v) is 14.2. The lowest BCUT2D eigenvalue weighted by molar-refractivity contribution is 0.102. The number of hydrogen-bond acceptors (Lipinski definition) is 2. The highest BCUT2D eigenvalue weighted by Crippen LogP contribution is 2.30. The second-order valence-corrected chi connectivity index (χ2v) is 6.40. The molecule has 0 spiro atoms. The van der Waals surface area contributed by atoms with E-state index in [9.17, 15) is 4.79 Å². The summed E-state index contributed by atoms with van der Waals surface area (Å²) >= 11 is 6.90. The van der Waals surface area contributed by atoms with Crippen molar-refractivity contribution in [3.8, 4) is 0 Å². The van der Waals surface area contributed by atoms with Gasteiger partial charge in [-0.25, -0.2) is 4.98 Å². The van der Waals surface area contributed by atoms with Gasteiger partial charge in [-0.15, -0.1) is 0 Å². The maximum atomic E-state index is 12.4. The van der Waals surface area contributed by atoms with Gasteiger partial charge in [-0.05, 0) is 62.5 Å². The Bertz CT molecular complexity index is 825. The maximum Gasteiger partial charge on any atom is 0.258 e. The molecule has 4 nitrogen and oxygen atoms in total. The number of rotatable bonds is 2. The molecule has 0 bridgehead atoms. The van der Waals surface area contributed by atoms with Crippen molar-refractivity contribution in [3.63, 3.8) is 0 Å². The molecular formula is C15H11Br2N3O. The van der Waals surface area contributed by atoms with Gasteiger partial charge in [0.05, 0.1) is 5.56 Å². The van der Waals surface area contributed by atoms with Gasteiger partial charge in [0.25, 0.3) is 5.91 Å². The van der Waals surface area contributed by atoms with E-state index in [-0.39, 0.29) is 5.91 Å². The summed E-state index contributed by atoms with van der Waals surface area (Å²) in [6, 6.07) is 7.54. The van der Waals surface area contributed by atoms with E-state index in [1.165, 1.54) is 0 Å². The van der Waals surface area contributed by atoms with Crippen LogP contribution >= 0.6 is 31.9 Å². The van der Waals surface area contributed by atoms with Gasteiger partial charge < -0.3 is 10.3 Å². The van der Waals surface area contributed by atoms with Crippen LogP contribution in [0, 0.1) is 6.92 Å². The van der Waals surface area contributed by atoms with Gasteiger partial charge in [0.2, 0.25) is 0 Å². The van der Waals surface area contributed by atoms with Crippen LogP contribution in [0.2, 0.25) is 0 Å². The summed E-state index contributed by atoms with van der Waals surface area (Å²) in [5.74, 6) is 0.350. The van der Waals surface area contributed by atoms with Crippen molar-refractivity contribution in [2.75, 3.05) is 5.32 Å². The van der Waals surface area contributed by atoms with Crippen LogP contribution in [0.3, 0.4) is 0 Å². The van der Waals surface area contributed by atoms with Crippen molar-refractivity contribution in [1.29, 1.82) is 0 Å². The molecule has 0 aliphatic rings. The lowest BCUT2D eigenvalue weighted by Gasteiger charge is -2.04. The highest BCUT2D eigenvalue weighted by molar-refractivity contribution is 9.13. The van der Waals surface area contributed by atoms with Crippen molar-refractivity contribution in [2.45, 2.75) is 6.92 Å². The molecule has 0 unspecified atom stereocenters. The normalized spacial score (nSPS) is 10.8. The second-order valence-electron chi connectivity index (χ2n) is 4.69. The molecule has 2 aromatic heterocycles. The number of hydrogen-bond donors (Lipinski definition) is 2. The first-order valence-electron chi connectivity index (χ1n) is 6.25. The van der Waals surface area contributed by atoms with E-state index in [0.717, 1.165) is 25.4 Å². The molecule has 0 saturated carbocycles. The molecule has 0 aliphatic carbocycles. The average molecular weight is 409 g/mol. The van der Waals surface area contributed by atoms with Crippen LogP contribution in [0.15, 0.2) is 45.6 Å². The molecule has 1 aromatic carbocycles. The number of nitrogens with zero attached hydrogens (tertiary/aromatic N) is 1. The molecule has 0 saturated heterocycles. The first-order valence-corrected chi connectivity index (χ1v) is 7.83. The minimum absolute atomic E-state index is 0.188. The summed E-state index contributed by atoms with van der Waals surface area (Å²) in [5.41, 5.74) is 2.53. The fourth-order valence-electron chi connectivity index (χ4n) is 2.03. The number of benzene rings is 1. The molecule has 3 aromatic rings. The van der Waals surface area contributed by atoms with Crippen molar-refractivity contribution >= 4 is 54.5 Å². The van der Waals surface area contributed by atoms with E-state index in [4.69, 9.17) is 0 Å². The van der Waals surface area contributed by atoms with Crippen LogP contribution in [-0.2, 0) is 0 Å². The van der Waals surface area contributed by atoms with E-state index < -0.39 is 0 Å². The van der Waals surface area contributed by atoms with E-state index in [2.05, 4.69) is 47.1 Å². The summed E-state index contributed by atoms with van der Waals surface area (Å²) < 4.78 is 1.83. The molecule has 0 aliphatic heterocycles. The molecule has 1 amide bonds. The number of aromatic nitrogens is 2. The van der Waals surface area contributed by atoms with Gasteiger partial charge >= 0.3 is 0 Å². The molecule has 0 atom stereocenters. The van der Waals surface area contributed by atoms with Crippen LogP contribution in [0.4, 0.5) is 5.82 Å². The molecular weight excluding hydrogens is 398 g/mol. The Morgan fingerprint density at radius 3 is 2.71 bits per heavy atom. The zero-order valence-electron chi connectivity index (χ0n) is 11.1. The van der Waals surface area contributed by atoms with Gasteiger partial charge in [-0.2, -0.15) is 0 Å².